The van der Waals surface area contributed by atoms with E-state index in [2.05, 4.69) is 5.32 Å². The van der Waals surface area contributed by atoms with Crippen LogP contribution in [-0.4, -0.2) is 28.8 Å². The van der Waals surface area contributed by atoms with Gasteiger partial charge in [0.05, 0.1) is 17.4 Å². The average molecular weight is 299 g/mol. The lowest BCUT2D eigenvalue weighted by Crippen LogP contribution is -2.65. The minimum absolute atomic E-state index is 0.00558. The van der Waals surface area contributed by atoms with E-state index in [1.807, 2.05) is 12.1 Å². The summed E-state index contributed by atoms with van der Waals surface area (Å²) in [6.07, 6.45) is 3.54. The predicted octanol–water partition coefficient (Wildman–Crippen LogP) is 2.17. The van der Waals surface area contributed by atoms with E-state index in [4.69, 9.17) is 11.6 Å². The molecule has 19 heavy (non-hydrogen) atoms. The molecule has 1 N–H and O–H groups in total. The molecule has 1 saturated carbocycles. The predicted molar refractivity (Wildman–Crippen MR) is 74.1 cm³/mol. The van der Waals surface area contributed by atoms with Gasteiger partial charge in [0.2, 0.25) is 11.8 Å². The van der Waals surface area contributed by atoms with Crippen LogP contribution in [0.2, 0.25) is 4.34 Å². The summed E-state index contributed by atoms with van der Waals surface area (Å²) in [4.78, 5) is 27.2. The van der Waals surface area contributed by atoms with Gasteiger partial charge in [-0.2, -0.15) is 0 Å². The molecule has 0 radical (unpaired) electrons. The number of thiophene rings is 1. The number of halogens is 1. The highest BCUT2D eigenvalue weighted by atomic mass is 35.5. The molecule has 1 aromatic rings. The highest BCUT2D eigenvalue weighted by molar-refractivity contribution is 7.16. The van der Waals surface area contributed by atoms with Crippen molar-refractivity contribution in [1.29, 1.82) is 0 Å². The zero-order valence-corrected chi connectivity index (χ0v) is 12.0. The van der Waals surface area contributed by atoms with Crippen LogP contribution in [0.25, 0.3) is 0 Å². The van der Waals surface area contributed by atoms with Gasteiger partial charge in [0.15, 0.2) is 0 Å². The van der Waals surface area contributed by atoms with E-state index in [1.54, 1.807) is 4.90 Å². The maximum absolute atomic E-state index is 12.2. The van der Waals surface area contributed by atoms with Crippen LogP contribution in [0.15, 0.2) is 12.1 Å². The van der Waals surface area contributed by atoms with Gasteiger partial charge in [-0.25, -0.2) is 0 Å². The van der Waals surface area contributed by atoms with Gasteiger partial charge in [-0.3, -0.25) is 9.59 Å². The molecule has 4 nitrogen and oxygen atoms in total. The Morgan fingerprint density at radius 1 is 1.32 bits per heavy atom. The Balaban J connectivity index is 1.90. The first kappa shape index (κ1) is 12.9. The van der Waals surface area contributed by atoms with Gasteiger partial charge < -0.3 is 10.2 Å². The van der Waals surface area contributed by atoms with Gasteiger partial charge in [0.1, 0.15) is 5.54 Å². The highest BCUT2D eigenvalue weighted by Crippen LogP contribution is 2.38. The fourth-order valence-corrected chi connectivity index (χ4v) is 4.14. The number of carbonyl (C=O) groups excluding carboxylic acids is 2. The summed E-state index contributed by atoms with van der Waals surface area (Å²) in [6.45, 7) is 0.601. The molecule has 1 spiro atoms. The molecule has 2 amide bonds. The van der Waals surface area contributed by atoms with Crippen LogP contribution in [0.1, 0.15) is 30.6 Å². The lowest BCUT2D eigenvalue weighted by molar-refractivity contribution is -0.154. The fraction of sp³-hybridized carbons (Fsp3) is 0.538. The maximum Gasteiger partial charge on any atom is 0.246 e. The minimum atomic E-state index is -0.619. The second-order valence-corrected chi connectivity index (χ2v) is 6.91. The molecule has 2 heterocycles. The summed E-state index contributed by atoms with van der Waals surface area (Å²) >= 11 is 7.40. The molecule has 1 aliphatic heterocycles. The quantitative estimate of drug-likeness (QED) is 0.910. The number of hydrogen-bond acceptors (Lipinski definition) is 3. The summed E-state index contributed by atoms with van der Waals surface area (Å²) in [5.74, 6) is 0.0123. The fourth-order valence-electron chi connectivity index (χ4n) is 3.07. The zero-order valence-electron chi connectivity index (χ0n) is 10.4. The number of nitrogens with one attached hydrogen (secondary N) is 1. The average Bonchev–Trinajstić information content (AvgIpc) is 3.01. The van der Waals surface area contributed by atoms with Crippen molar-refractivity contribution in [3.63, 3.8) is 0 Å². The van der Waals surface area contributed by atoms with Crippen LogP contribution >= 0.6 is 22.9 Å². The number of amides is 2. The number of nitrogens with zero attached hydrogens (tertiary/aromatic N) is 1. The van der Waals surface area contributed by atoms with E-state index in [-0.39, 0.29) is 18.4 Å². The largest absolute Gasteiger partial charge is 0.345 e. The normalized spacial score (nSPS) is 22.1. The van der Waals surface area contributed by atoms with Crippen molar-refractivity contribution in [2.24, 2.45) is 0 Å². The number of hydrogen-bond donors (Lipinski definition) is 1. The molecular weight excluding hydrogens is 284 g/mol. The van der Waals surface area contributed by atoms with Crippen molar-refractivity contribution in [3.8, 4) is 0 Å². The SMILES string of the molecule is O=C1CNC(=O)C2(CCCC2)N1Cc1ccc(Cl)s1. The van der Waals surface area contributed by atoms with Crippen LogP contribution in [0, 0.1) is 0 Å². The van der Waals surface area contributed by atoms with Gasteiger partial charge in [-0.05, 0) is 25.0 Å². The zero-order chi connectivity index (χ0) is 13.5. The summed E-state index contributed by atoms with van der Waals surface area (Å²) < 4.78 is 0.712. The van der Waals surface area contributed by atoms with Crippen molar-refractivity contribution in [2.45, 2.75) is 37.8 Å². The third-order valence-electron chi connectivity index (χ3n) is 4.01. The first-order valence-electron chi connectivity index (χ1n) is 6.45. The Morgan fingerprint density at radius 3 is 2.68 bits per heavy atom. The molecule has 1 aliphatic carbocycles. The summed E-state index contributed by atoms with van der Waals surface area (Å²) in [7, 11) is 0. The molecule has 0 aromatic carbocycles. The van der Waals surface area contributed by atoms with Crippen LogP contribution in [0.4, 0.5) is 0 Å². The molecular formula is C13H15ClN2O2S. The number of piperazine rings is 1. The molecule has 6 heteroatoms. The summed E-state index contributed by atoms with van der Waals surface area (Å²) in [5, 5.41) is 2.73. The molecule has 2 fully saturated rings. The second-order valence-electron chi connectivity index (χ2n) is 5.11. The van der Waals surface area contributed by atoms with E-state index < -0.39 is 5.54 Å². The monoisotopic (exact) mass is 298 g/mol. The third kappa shape index (κ3) is 2.15. The number of carbonyl (C=O) groups is 2. The van der Waals surface area contributed by atoms with Gasteiger partial charge in [-0.15, -0.1) is 11.3 Å². The Hall–Kier alpha value is -1.07. The Kier molecular flexibility index (Phi) is 3.27. The van der Waals surface area contributed by atoms with E-state index in [9.17, 15) is 9.59 Å². The Labute approximate surface area is 120 Å². The minimum Gasteiger partial charge on any atom is -0.345 e. The van der Waals surface area contributed by atoms with Crippen molar-refractivity contribution in [1.82, 2.24) is 10.2 Å². The van der Waals surface area contributed by atoms with Crippen LogP contribution < -0.4 is 5.32 Å². The van der Waals surface area contributed by atoms with E-state index in [0.717, 1.165) is 30.6 Å². The van der Waals surface area contributed by atoms with Gasteiger partial charge in [0, 0.05) is 4.88 Å². The molecule has 3 rings (SSSR count). The standard InChI is InChI=1S/C13H15ClN2O2S/c14-10-4-3-9(19-10)8-16-11(17)7-15-12(18)13(16)5-1-2-6-13/h3-4H,1-2,5-8H2,(H,15,18). The van der Waals surface area contributed by atoms with Crippen molar-refractivity contribution < 1.29 is 9.59 Å². The first-order valence-corrected chi connectivity index (χ1v) is 7.64. The lowest BCUT2D eigenvalue weighted by Gasteiger charge is -2.43. The first-order chi connectivity index (χ1) is 9.12. The molecule has 102 valence electrons. The van der Waals surface area contributed by atoms with E-state index in [1.165, 1.54) is 11.3 Å². The third-order valence-corrected chi connectivity index (χ3v) is 5.23. The van der Waals surface area contributed by atoms with E-state index >= 15 is 0 Å². The number of rotatable bonds is 2. The van der Waals surface area contributed by atoms with Crippen molar-refractivity contribution in [2.75, 3.05) is 6.54 Å². The maximum atomic E-state index is 12.2. The molecule has 1 saturated heterocycles. The Morgan fingerprint density at radius 2 is 2.05 bits per heavy atom. The molecule has 0 bridgehead atoms. The second kappa shape index (κ2) is 4.80. The van der Waals surface area contributed by atoms with Gasteiger partial charge >= 0.3 is 0 Å². The van der Waals surface area contributed by atoms with Crippen LogP contribution in [0.5, 0.6) is 0 Å². The smallest absolute Gasteiger partial charge is 0.246 e. The molecule has 2 aliphatic rings. The van der Waals surface area contributed by atoms with Gasteiger partial charge in [0.25, 0.3) is 0 Å². The van der Waals surface area contributed by atoms with Crippen molar-refractivity contribution in [3.05, 3.63) is 21.3 Å². The lowest BCUT2D eigenvalue weighted by atomic mass is 9.91. The van der Waals surface area contributed by atoms with Crippen LogP contribution in [-0.2, 0) is 16.1 Å². The van der Waals surface area contributed by atoms with E-state index in [0.29, 0.717) is 10.9 Å². The molecule has 0 atom stereocenters. The molecule has 1 aromatic heterocycles. The Bertz CT molecular complexity index is 522. The summed E-state index contributed by atoms with van der Waals surface area (Å²) in [5.41, 5.74) is -0.619. The van der Waals surface area contributed by atoms with Crippen LogP contribution in [0.3, 0.4) is 0 Å². The van der Waals surface area contributed by atoms with Crippen molar-refractivity contribution >= 4 is 34.8 Å². The topological polar surface area (TPSA) is 49.4 Å². The van der Waals surface area contributed by atoms with Gasteiger partial charge in [-0.1, -0.05) is 24.4 Å². The molecule has 0 unspecified atom stereocenters. The highest BCUT2D eigenvalue weighted by Gasteiger charge is 2.50. The summed E-state index contributed by atoms with van der Waals surface area (Å²) in [6, 6.07) is 3.76.